The monoisotopic (exact) mass is 504 g/mol. The summed E-state index contributed by atoms with van der Waals surface area (Å²) in [5.74, 6) is -2.98. The molecule has 2 rings (SSSR count). The number of nitrogens with zero attached hydrogens (tertiary/aromatic N) is 4. The lowest BCUT2D eigenvalue weighted by molar-refractivity contribution is -0.144. The molecule has 14 heteroatoms. The van der Waals surface area contributed by atoms with Crippen LogP contribution in [0, 0.1) is 22.6 Å². The van der Waals surface area contributed by atoms with Gasteiger partial charge in [-0.25, -0.2) is 26.5 Å². The first-order chi connectivity index (χ1) is 15.4. The van der Waals surface area contributed by atoms with E-state index in [1.165, 1.54) is 27.7 Å². The van der Waals surface area contributed by atoms with E-state index in [2.05, 4.69) is 0 Å². The van der Waals surface area contributed by atoms with Crippen molar-refractivity contribution in [1.29, 1.82) is 5.26 Å². The lowest BCUT2D eigenvalue weighted by Gasteiger charge is -2.29. The van der Waals surface area contributed by atoms with Crippen molar-refractivity contribution in [1.82, 2.24) is 9.13 Å². The first-order valence-electron chi connectivity index (χ1n) is 9.60. The molecule has 0 fully saturated rings. The maximum Gasteiger partial charge on any atom is 0.431 e. The Hall–Kier alpha value is -3.47. The number of hydrogen-bond acceptors (Lipinski definition) is 6. The van der Waals surface area contributed by atoms with Crippen molar-refractivity contribution in [3.63, 3.8) is 0 Å². The van der Waals surface area contributed by atoms with Crippen LogP contribution in [0.15, 0.2) is 27.8 Å². The number of benzene rings is 1. The lowest BCUT2D eigenvalue weighted by atomic mass is 9.95. The Morgan fingerprint density at radius 3 is 2.15 bits per heavy atom. The summed E-state index contributed by atoms with van der Waals surface area (Å²) >= 11 is 0. The van der Waals surface area contributed by atoms with Gasteiger partial charge in [0.05, 0.1) is 22.7 Å². The van der Waals surface area contributed by atoms with Crippen molar-refractivity contribution >= 4 is 21.6 Å². The third-order valence-corrected chi connectivity index (χ3v) is 6.37. The molecule has 9 nitrogen and oxygen atoms in total. The van der Waals surface area contributed by atoms with Gasteiger partial charge >= 0.3 is 11.9 Å². The van der Waals surface area contributed by atoms with E-state index in [9.17, 15) is 45.6 Å². The molecular weight excluding hydrogens is 484 g/mol. The SMILES string of the molecule is CCS(=O)(=O)N(C(=O)C(C)(C)C)c1cc(-n2c(=O)cc(C(F)(F)F)n(C)c2=O)c(F)cc1C#N. The topological polar surface area (TPSA) is 122 Å². The number of anilines is 1. The van der Waals surface area contributed by atoms with Gasteiger partial charge in [-0.15, -0.1) is 0 Å². The number of carbonyl (C=O) groups is 1. The van der Waals surface area contributed by atoms with Crippen LogP contribution in [0.4, 0.5) is 23.2 Å². The first-order valence-corrected chi connectivity index (χ1v) is 11.2. The highest BCUT2D eigenvalue weighted by Crippen LogP contribution is 2.32. The largest absolute Gasteiger partial charge is 0.431 e. The summed E-state index contributed by atoms with van der Waals surface area (Å²) in [6.07, 6.45) is -5.06. The van der Waals surface area contributed by atoms with E-state index in [0.717, 1.165) is 0 Å². The molecule has 1 aromatic heterocycles. The molecule has 0 saturated carbocycles. The van der Waals surface area contributed by atoms with Crippen LogP contribution in [0.3, 0.4) is 0 Å². The molecule has 0 atom stereocenters. The maximum absolute atomic E-state index is 14.9. The Kier molecular flexibility index (Phi) is 6.86. The quantitative estimate of drug-likeness (QED) is 0.589. The van der Waals surface area contributed by atoms with Crippen molar-refractivity contribution in [3.8, 4) is 11.8 Å². The molecule has 34 heavy (non-hydrogen) atoms. The molecule has 0 bridgehead atoms. The number of hydrogen-bond donors (Lipinski definition) is 0. The van der Waals surface area contributed by atoms with Crippen LogP contribution in [-0.2, 0) is 28.0 Å². The van der Waals surface area contributed by atoms with E-state index in [1.807, 2.05) is 0 Å². The Labute approximate surface area is 191 Å². The third-order valence-electron chi connectivity index (χ3n) is 4.72. The minimum atomic E-state index is -5.06. The van der Waals surface area contributed by atoms with Crippen LogP contribution < -0.4 is 15.6 Å². The van der Waals surface area contributed by atoms with Gasteiger partial charge in [0.15, 0.2) is 0 Å². The van der Waals surface area contributed by atoms with Gasteiger partial charge < -0.3 is 0 Å². The molecule has 0 aliphatic heterocycles. The summed E-state index contributed by atoms with van der Waals surface area (Å²) < 4.78 is 80.2. The predicted octanol–water partition coefficient (Wildman–Crippen LogP) is 2.29. The summed E-state index contributed by atoms with van der Waals surface area (Å²) in [4.78, 5) is 38.0. The molecule has 1 amide bonds. The molecule has 0 aliphatic carbocycles. The molecule has 0 radical (unpaired) electrons. The molecule has 184 valence electrons. The number of amides is 1. The average molecular weight is 504 g/mol. The van der Waals surface area contributed by atoms with Crippen molar-refractivity contribution in [2.45, 2.75) is 33.9 Å². The zero-order valence-corrected chi connectivity index (χ0v) is 19.5. The van der Waals surface area contributed by atoms with Gasteiger partial charge in [-0.1, -0.05) is 20.8 Å². The van der Waals surface area contributed by atoms with Crippen LogP contribution in [0.25, 0.3) is 5.69 Å². The Bertz CT molecular complexity index is 1430. The molecule has 0 saturated heterocycles. The zero-order chi connectivity index (χ0) is 26.4. The van der Waals surface area contributed by atoms with Gasteiger partial charge in [0, 0.05) is 18.5 Å². The van der Waals surface area contributed by atoms with Crippen molar-refractivity contribution in [2.75, 3.05) is 10.1 Å². The van der Waals surface area contributed by atoms with Crippen LogP contribution in [0.1, 0.15) is 39.0 Å². The minimum Gasteiger partial charge on any atom is -0.292 e. The fourth-order valence-corrected chi connectivity index (χ4v) is 4.15. The Morgan fingerprint density at radius 2 is 1.71 bits per heavy atom. The minimum absolute atomic E-state index is 0.0491. The highest BCUT2D eigenvalue weighted by atomic mass is 32.2. The van der Waals surface area contributed by atoms with Gasteiger partial charge in [-0.05, 0) is 19.1 Å². The smallest absolute Gasteiger partial charge is 0.292 e. The van der Waals surface area contributed by atoms with E-state index >= 15 is 0 Å². The van der Waals surface area contributed by atoms with Gasteiger partial charge in [0.2, 0.25) is 15.9 Å². The van der Waals surface area contributed by atoms with Crippen LogP contribution in [-0.4, -0.2) is 29.2 Å². The van der Waals surface area contributed by atoms with Gasteiger partial charge in [0.1, 0.15) is 17.6 Å². The van der Waals surface area contributed by atoms with E-state index in [0.29, 0.717) is 19.2 Å². The Balaban J connectivity index is 3.02. The molecule has 0 spiro atoms. The number of carbonyl (C=O) groups excluding carboxylic acids is 1. The van der Waals surface area contributed by atoms with Gasteiger partial charge in [-0.3, -0.25) is 14.2 Å². The summed E-state index contributed by atoms with van der Waals surface area (Å²) in [5, 5.41) is 9.45. The van der Waals surface area contributed by atoms with E-state index in [1.54, 1.807) is 6.07 Å². The summed E-state index contributed by atoms with van der Waals surface area (Å²) in [7, 11) is -3.69. The fourth-order valence-electron chi connectivity index (χ4n) is 2.92. The second-order valence-electron chi connectivity index (χ2n) is 8.20. The van der Waals surface area contributed by atoms with E-state index in [-0.39, 0.29) is 19.5 Å². The molecular formula is C20H20F4N4O5S. The highest BCUT2D eigenvalue weighted by Gasteiger charge is 2.38. The number of rotatable bonds is 4. The fraction of sp³-hybridized carbons (Fsp3) is 0.400. The molecule has 0 aliphatic rings. The third kappa shape index (κ3) is 4.74. The first kappa shape index (κ1) is 26.8. The van der Waals surface area contributed by atoms with Crippen LogP contribution >= 0.6 is 0 Å². The lowest BCUT2D eigenvalue weighted by Crippen LogP contribution is -2.45. The van der Waals surface area contributed by atoms with Crippen LogP contribution in [0.5, 0.6) is 0 Å². The van der Waals surface area contributed by atoms with E-state index in [4.69, 9.17) is 0 Å². The summed E-state index contributed by atoms with van der Waals surface area (Å²) in [5.41, 5.74) is -8.25. The van der Waals surface area contributed by atoms with Crippen LogP contribution in [0.2, 0.25) is 0 Å². The van der Waals surface area contributed by atoms with Crippen molar-refractivity contribution in [2.24, 2.45) is 12.5 Å². The predicted molar refractivity (Wildman–Crippen MR) is 113 cm³/mol. The second-order valence-corrected chi connectivity index (χ2v) is 10.3. The van der Waals surface area contributed by atoms with Gasteiger partial charge in [-0.2, -0.15) is 18.4 Å². The summed E-state index contributed by atoms with van der Waals surface area (Å²) in [6.45, 7) is 5.38. The standard InChI is InChI=1S/C20H20F4N4O5S/c1-6-34(32,33)28(17(30)19(2,3)4)13-8-14(12(21)7-11(13)10-25)27-16(29)9-15(20(22,23)24)26(5)18(27)31/h7-9H,6H2,1-5H3. The molecule has 1 aromatic carbocycles. The van der Waals surface area contributed by atoms with Gasteiger partial charge in [0.25, 0.3) is 5.56 Å². The molecule has 2 aromatic rings. The second kappa shape index (κ2) is 8.71. The summed E-state index contributed by atoms with van der Waals surface area (Å²) in [6, 6.07) is 2.71. The molecule has 0 unspecified atom stereocenters. The molecule has 1 heterocycles. The number of nitriles is 1. The average Bonchev–Trinajstić information content (AvgIpc) is 2.70. The number of sulfonamides is 1. The number of halogens is 4. The van der Waals surface area contributed by atoms with E-state index < -0.39 is 73.0 Å². The van der Waals surface area contributed by atoms with Crippen molar-refractivity contribution in [3.05, 3.63) is 56.1 Å². The molecule has 0 N–H and O–H groups in total. The highest BCUT2D eigenvalue weighted by molar-refractivity contribution is 7.93. The zero-order valence-electron chi connectivity index (χ0n) is 18.7. The number of aromatic nitrogens is 2. The van der Waals surface area contributed by atoms with Crippen molar-refractivity contribution < 1.29 is 30.8 Å². The maximum atomic E-state index is 14.9. The number of alkyl halides is 3. The Morgan fingerprint density at radius 1 is 1.15 bits per heavy atom. The normalized spacial score (nSPS) is 12.4.